The fourth-order valence-corrected chi connectivity index (χ4v) is 3.15. The first kappa shape index (κ1) is 16.9. The minimum Gasteiger partial charge on any atom is -0.296 e. The van der Waals surface area contributed by atoms with E-state index in [-0.39, 0.29) is 11.5 Å². The second-order valence-electron chi connectivity index (χ2n) is 6.31. The Bertz CT molecular complexity index is 1110. The number of benzene rings is 2. The van der Waals surface area contributed by atoms with Crippen LogP contribution in [0.4, 0.5) is 0 Å². The number of hydrogen-bond acceptors (Lipinski definition) is 4. The molecule has 134 valence electrons. The van der Waals surface area contributed by atoms with Gasteiger partial charge in [0.25, 0.3) is 11.5 Å². The summed E-state index contributed by atoms with van der Waals surface area (Å²) < 4.78 is 1.71. The van der Waals surface area contributed by atoms with Crippen molar-refractivity contribution in [1.82, 2.24) is 15.0 Å². The van der Waals surface area contributed by atoms with Gasteiger partial charge >= 0.3 is 0 Å². The molecule has 0 aliphatic carbocycles. The fourth-order valence-electron chi connectivity index (χ4n) is 3.15. The number of hydrazone groups is 1. The summed E-state index contributed by atoms with van der Waals surface area (Å²) >= 11 is 0. The maximum atomic E-state index is 12.5. The van der Waals surface area contributed by atoms with Crippen LogP contribution in [0.5, 0.6) is 0 Å². The van der Waals surface area contributed by atoms with Crippen molar-refractivity contribution in [1.29, 1.82) is 0 Å². The molecule has 4 rings (SSSR count). The third-order valence-electron chi connectivity index (χ3n) is 4.49. The van der Waals surface area contributed by atoms with E-state index in [0.717, 1.165) is 24.2 Å². The normalized spacial score (nSPS) is 13.5. The molecule has 1 aromatic heterocycles. The van der Waals surface area contributed by atoms with E-state index in [2.05, 4.69) is 15.5 Å². The van der Waals surface area contributed by atoms with Crippen molar-refractivity contribution in [3.05, 3.63) is 81.9 Å². The zero-order valence-corrected chi connectivity index (χ0v) is 14.6. The van der Waals surface area contributed by atoms with Gasteiger partial charge in [-0.05, 0) is 36.3 Å². The van der Waals surface area contributed by atoms with Crippen LogP contribution in [0, 0.1) is 0 Å². The molecule has 1 N–H and O–H groups in total. The molecule has 0 fully saturated rings. The molecule has 0 radical (unpaired) electrons. The number of nitrogens with one attached hydrogen (secondary N) is 1. The highest BCUT2D eigenvalue weighted by atomic mass is 16.2. The number of amides is 1. The summed E-state index contributed by atoms with van der Waals surface area (Å²) in [5.41, 5.74) is 4.47. The van der Waals surface area contributed by atoms with E-state index in [9.17, 15) is 9.59 Å². The Hall–Kier alpha value is -3.54. The van der Waals surface area contributed by atoms with Gasteiger partial charge in [-0.25, -0.2) is 10.4 Å². The molecule has 0 atom stereocenters. The third kappa shape index (κ3) is 3.55. The van der Waals surface area contributed by atoms with Crippen LogP contribution in [-0.4, -0.2) is 21.7 Å². The van der Waals surface area contributed by atoms with Gasteiger partial charge in [0.2, 0.25) is 0 Å². The summed E-state index contributed by atoms with van der Waals surface area (Å²) in [5.74, 6) is 0.442. The van der Waals surface area contributed by atoms with Gasteiger partial charge in [-0.1, -0.05) is 36.4 Å². The van der Waals surface area contributed by atoms with E-state index in [4.69, 9.17) is 0 Å². The van der Waals surface area contributed by atoms with Crippen LogP contribution in [-0.2, 0) is 13.0 Å². The lowest BCUT2D eigenvalue weighted by Gasteiger charge is -2.06. The largest absolute Gasteiger partial charge is 0.296 e. The van der Waals surface area contributed by atoms with E-state index < -0.39 is 0 Å². The molecule has 6 heteroatoms. The van der Waals surface area contributed by atoms with Gasteiger partial charge in [0.15, 0.2) is 0 Å². The number of aryl methyl sites for hydroxylation is 1. The molecule has 1 aliphatic rings. The minimum absolute atomic E-state index is 0.0384. The van der Waals surface area contributed by atoms with Crippen LogP contribution in [0.15, 0.2) is 64.5 Å². The van der Waals surface area contributed by atoms with Crippen LogP contribution in [0.2, 0.25) is 0 Å². The van der Waals surface area contributed by atoms with E-state index in [1.165, 1.54) is 6.21 Å². The van der Waals surface area contributed by atoms with Crippen molar-refractivity contribution in [2.75, 3.05) is 0 Å². The molecule has 0 saturated carbocycles. The van der Waals surface area contributed by atoms with Gasteiger partial charge < -0.3 is 0 Å². The van der Waals surface area contributed by atoms with Gasteiger partial charge in [0.05, 0.1) is 10.9 Å². The average molecular weight is 358 g/mol. The third-order valence-corrected chi connectivity index (χ3v) is 4.49. The molecule has 27 heavy (non-hydrogen) atoms. The van der Waals surface area contributed by atoms with Crippen molar-refractivity contribution in [2.45, 2.75) is 19.4 Å². The number of carbonyl (C=O) groups excluding carboxylic acids is 1. The molecule has 1 amide bonds. The summed E-state index contributed by atoms with van der Waals surface area (Å²) in [6.07, 6.45) is 6.88. The van der Waals surface area contributed by atoms with E-state index >= 15 is 0 Å². The maximum Gasteiger partial charge on any atom is 0.271 e. The molecular formula is C21H18N4O2. The molecule has 2 heterocycles. The van der Waals surface area contributed by atoms with Gasteiger partial charge in [-0.3, -0.25) is 14.2 Å². The molecule has 0 unspecified atom stereocenters. The van der Waals surface area contributed by atoms with Crippen molar-refractivity contribution in [3.63, 3.8) is 0 Å². The number of nitrogens with zero attached hydrogens (tertiary/aromatic N) is 3. The van der Waals surface area contributed by atoms with Crippen LogP contribution in [0.1, 0.15) is 28.2 Å². The molecule has 6 nitrogen and oxygen atoms in total. The van der Waals surface area contributed by atoms with Crippen molar-refractivity contribution in [3.8, 4) is 0 Å². The molecule has 0 spiro atoms. The summed E-state index contributed by atoms with van der Waals surface area (Å²) in [6, 6.07) is 14.7. The van der Waals surface area contributed by atoms with Gasteiger partial charge in [-0.2, -0.15) is 5.10 Å². The van der Waals surface area contributed by atoms with E-state index in [1.807, 2.05) is 36.4 Å². The molecular weight excluding hydrogens is 340 g/mol. The lowest BCUT2D eigenvalue weighted by Crippen LogP contribution is -2.22. The Labute approximate surface area is 155 Å². The highest BCUT2D eigenvalue weighted by Crippen LogP contribution is 2.16. The summed E-state index contributed by atoms with van der Waals surface area (Å²) in [7, 11) is 0. The predicted octanol–water partition coefficient (Wildman–Crippen LogP) is 2.77. The lowest BCUT2D eigenvalue weighted by atomic mass is 10.1. The van der Waals surface area contributed by atoms with Crippen LogP contribution < -0.4 is 11.0 Å². The first-order valence-corrected chi connectivity index (χ1v) is 8.81. The Morgan fingerprint density at radius 1 is 1.19 bits per heavy atom. The van der Waals surface area contributed by atoms with Gasteiger partial charge in [0, 0.05) is 24.7 Å². The first-order valence-electron chi connectivity index (χ1n) is 8.81. The minimum atomic E-state index is -0.344. The highest BCUT2D eigenvalue weighted by Gasteiger charge is 2.16. The van der Waals surface area contributed by atoms with E-state index in [1.54, 1.807) is 28.8 Å². The monoisotopic (exact) mass is 358 g/mol. The summed E-state index contributed by atoms with van der Waals surface area (Å²) in [6.45, 7) is 0.713. The Balaban J connectivity index is 1.48. The topological polar surface area (TPSA) is 76.3 Å². The molecule has 2 aromatic carbocycles. The zero-order valence-electron chi connectivity index (χ0n) is 14.6. The number of rotatable bonds is 4. The first-order chi connectivity index (χ1) is 13.2. The Morgan fingerprint density at radius 2 is 2.04 bits per heavy atom. The number of hydrogen-bond donors (Lipinski definition) is 1. The Morgan fingerprint density at radius 3 is 2.89 bits per heavy atom. The van der Waals surface area contributed by atoms with Crippen LogP contribution >= 0.6 is 0 Å². The van der Waals surface area contributed by atoms with E-state index in [0.29, 0.717) is 23.0 Å². The predicted molar refractivity (Wildman–Crippen MR) is 106 cm³/mol. The maximum absolute atomic E-state index is 12.5. The molecule has 3 aromatic rings. The molecule has 0 saturated heterocycles. The number of fused-ring (bicyclic) bond motifs is 2. The second kappa shape index (κ2) is 7.37. The molecule has 1 aliphatic heterocycles. The van der Waals surface area contributed by atoms with Crippen molar-refractivity contribution >= 4 is 29.1 Å². The van der Waals surface area contributed by atoms with Crippen LogP contribution in [0.25, 0.3) is 17.0 Å². The smallest absolute Gasteiger partial charge is 0.271 e. The fraction of sp³-hybridized carbons (Fsp3) is 0.143. The van der Waals surface area contributed by atoms with Gasteiger partial charge in [0.1, 0.15) is 5.82 Å². The van der Waals surface area contributed by atoms with Crippen molar-refractivity contribution < 1.29 is 4.79 Å². The summed E-state index contributed by atoms with van der Waals surface area (Å²) in [5, 5.41) is 4.45. The summed E-state index contributed by atoms with van der Waals surface area (Å²) in [4.78, 5) is 29.3. The lowest BCUT2D eigenvalue weighted by molar-refractivity contribution is 0.0955. The average Bonchev–Trinajstić information content (AvgIpc) is 3.17. The SMILES string of the molecule is O=C(N/N=C\C=C\c1ccccc1)c1ccc2c(=O)n3c(nc2c1)CCC3. The standard InChI is InChI=1S/C21H18N4O2/c26-20(24-22-12-4-8-15-6-2-1-3-7-15)16-10-11-17-18(14-16)23-19-9-5-13-25(19)21(17)27/h1-4,6-8,10-12,14H,5,9,13H2,(H,24,26)/b8-4+,22-12-. The van der Waals surface area contributed by atoms with Crippen LogP contribution in [0.3, 0.4) is 0 Å². The number of allylic oxidation sites excluding steroid dienone is 1. The van der Waals surface area contributed by atoms with Crippen molar-refractivity contribution in [2.24, 2.45) is 5.10 Å². The molecule has 0 bridgehead atoms. The zero-order chi connectivity index (χ0) is 18.6. The quantitative estimate of drug-likeness (QED) is 0.575. The number of aromatic nitrogens is 2. The number of carbonyl (C=O) groups is 1. The second-order valence-corrected chi connectivity index (χ2v) is 6.31. The van der Waals surface area contributed by atoms with Gasteiger partial charge in [-0.15, -0.1) is 0 Å². The highest BCUT2D eigenvalue weighted by molar-refractivity contribution is 5.98. The Kier molecular flexibility index (Phi) is 4.61.